The number of nitrogens with zero attached hydrogens (tertiary/aromatic N) is 1. The number of aromatic nitrogens is 1. The fourth-order valence-corrected chi connectivity index (χ4v) is 1.90. The lowest BCUT2D eigenvalue weighted by atomic mass is 10.0. The zero-order valence-electron chi connectivity index (χ0n) is 9.16. The molecular formula is C13H8Cl2FNO. The van der Waals surface area contributed by atoms with Crippen molar-refractivity contribution in [2.45, 2.75) is 6.42 Å². The van der Waals surface area contributed by atoms with Crippen molar-refractivity contribution in [3.05, 3.63) is 63.6 Å². The van der Waals surface area contributed by atoms with Gasteiger partial charge in [-0.05, 0) is 23.8 Å². The topological polar surface area (TPSA) is 30.0 Å². The predicted octanol–water partition coefficient (Wildman–Crippen LogP) is 3.95. The van der Waals surface area contributed by atoms with Crippen LogP contribution in [-0.2, 0) is 6.42 Å². The average molecular weight is 284 g/mol. The highest BCUT2D eigenvalue weighted by Crippen LogP contribution is 2.21. The Labute approximate surface area is 113 Å². The maximum absolute atomic E-state index is 13.2. The number of carbonyl (C=O) groups excluding carboxylic acids is 1. The normalized spacial score (nSPS) is 10.4. The van der Waals surface area contributed by atoms with Gasteiger partial charge in [-0.15, -0.1) is 0 Å². The minimum absolute atomic E-state index is 0.0222. The van der Waals surface area contributed by atoms with Crippen molar-refractivity contribution in [1.29, 1.82) is 0 Å². The van der Waals surface area contributed by atoms with Crippen LogP contribution in [0.3, 0.4) is 0 Å². The van der Waals surface area contributed by atoms with Crippen LogP contribution in [0.25, 0.3) is 0 Å². The van der Waals surface area contributed by atoms with Crippen LogP contribution in [0.5, 0.6) is 0 Å². The number of rotatable bonds is 3. The second-order valence-corrected chi connectivity index (χ2v) is 4.45. The van der Waals surface area contributed by atoms with E-state index in [4.69, 9.17) is 23.2 Å². The first-order valence-electron chi connectivity index (χ1n) is 5.15. The molecule has 0 aliphatic rings. The third-order valence-corrected chi connectivity index (χ3v) is 3.06. The molecule has 0 fully saturated rings. The summed E-state index contributed by atoms with van der Waals surface area (Å²) in [7, 11) is 0. The quantitative estimate of drug-likeness (QED) is 0.631. The molecule has 0 radical (unpaired) electrons. The van der Waals surface area contributed by atoms with Crippen LogP contribution in [0.2, 0.25) is 10.2 Å². The minimum atomic E-state index is -0.533. The fourth-order valence-electron chi connectivity index (χ4n) is 1.54. The lowest BCUT2D eigenvalue weighted by Crippen LogP contribution is -2.04. The highest BCUT2D eigenvalue weighted by atomic mass is 35.5. The van der Waals surface area contributed by atoms with E-state index in [1.807, 2.05) is 0 Å². The van der Waals surface area contributed by atoms with E-state index < -0.39 is 5.82 Å². The Bertz CT molecular complexity index is 601. The molecule has 1 heterocycles. The van der Waals surface area contributed by atoms with E-state index in [9.17, 15) is 9.18 Å². The van der Waals surface area contributed by atoms with Gasteiger partial charge in [0.15, 0.2) is 5.78 Å². The highest BCUT2D eigenvalue weighted by molar-refractivity contribution is 6.32. The summed E-state index contributed by atoms with van der Waals surface area (Å²) in [5.74, 6) is -0.721. The van der Waals surface area contributed by atoms with Crippen molar-refractivity contribution < 1.29 is 9.18 Å². The molecule has 5 heteroatoms. The molecule has 2 nitrogen and oxygen atoms in total. The lowest BCUT2D eigenvalue weighted by Gasteiger charge is -2.04. The van der Waals surface area contributed by atoms with E-state index in [2.05, 4.69) is 4.98 Å². The number of benzene rings is 1. The van der Waals surface area contributed by atoms with Gasteiger partial charge in [-0.25, -0.2) is 9.37 Å². The molecule has 92 valence electrons. The van der Waals surface area contributed by atoms with Crippen LogP contribution in [-0.4, -0.2) is 10.8 Å². The summed E-state index contributed by atoms with van der Waals surface area (Å²) in [6.45, 7) is 0. The van der Waals surface area contributed by atoms with Crippen molar-refractivity contribution >= 4 is 29.0 Å². The standard InChI is InChI=1S/C13H8Cl2FNO/c14-12-7-8(4-5-17-12)11(18)6-9-2-1-3-10(16)13(9)15/h1-5,7H,6H2. The third-order valence-electron chi connectivity index (χ3n) is 2.43. The van der Waals surface area contributed by atoms with E-state index in [1.165, 1.54) is 24.4 Å². The maximum atomic E-state index is 13.2. The minimum Gasteiger partial charge on any atom is -0.294 e. The largest absolute Gasteiger partial charge is 0.294 e. The Morgan fingerprint density at radius 1 is 1.28 bits per heavy atom. The Hall–Kier alpha value is -1.45. The van der Waals surface area contributed by atoms with Crippen LogP contribution >= 0.6 is 23.2 Å². The average Bonchev–Trinajstić information content (AvgIpc) is 2.35. The van der Waals surface area contributed by atoms with Crippen LogP contribution < -0.4 is 0 Å². The molecule has 0 aliphatic carbocycles. The highest BCUT2D eigenvalue weighted by Gasteiger charge is 2.12. The van der Waals surface area contributed by atoms with Gasteiger partial charge in [-0.1, -0.05) is 35.3 Å². The van der Waals surface area contributed by atoms with Gasteiger partial charge in [0.25, 0.3) is 0 Å². The molecule has 18 heavy (non-hydrogen) atoms. The van der Waals surface area contributed by atoms with Crippen molar-refractivity contribution in [2.75, 3.05) is 0 Å². The zero-order valence-corrected chi connectivity index (χ0v) is 10.7. The monoisotopic (exact) mass is 283 g/mol. The van der Waals surface area contributed by atoms with Gasteiger partial charge in [0.1, 0.15) is 11.0 Å². The molecule has 0 spiro atoms. The number of hydrogen-bond acceptors (Lipinski definition) is 2. The van der Waals surface area contributed by atoms with E-state index in [0.717, 1.165) is 0 Å². The van der Waals surface area contributed by atoms with E-state index in [1.54, 1.807) is 12.1 Å². The van der Waals surface area contributed by atoms with E-state index >= 15 is 0 Å². The van der Waals surface area contributed by atoms with Crippen LogP contribution in [0.4, 0.5) is 4.39 Å². The number of hydrogen-bond donors (Lipinski definition) is 0. The molecule has 0 N–H and O–H groups in total. The molecule has 1 aromatic heterocycles. The van der Waals surface area contributed by atoms with Crippen molar-refractivity contribution in [2.24, 2.45) is 0 Å². The number of ketones is 1. The molecule has 0 atom stereocenters. The van der Waals surface area contributed by atoms with Gasteiger partial charge < -0.3 is 0 Å². The maximum Gasteiger partial charge on any atom is 0.167 e. The summed E-state index contributed by atoms with van der Waals surface area (Å²) in [6, 6.07) is 7.41. The molecule has 0 amide bonds. The van der Waals surface area contributed by atoms with Gasteiger partial charge in [0.05, 0.1) is 5.02 Å². The fraction of sp³-hybridized carbons (Fsp3) is 0.0769. The van der Waals surface area contributed by atoms with Gasteiger partial charge in [0, 0.05) is 18.2 Å². The second kappa shape index (κ2) is 5.46. The van der Waals surface area contributed by atoms with Gasteiger partial charge >= 0.3 is 0 Å². The smallest absolute Gasteiger partial charge is 0.167 e. The summed E-state index contributed by atoms with van der Waals surface area (Å²) in [5, 5.41) is 0.220. The summed E-state index contributed by atoms with van der Waals surface area (Å²) in [6.07, 6.45) is 1.47. The molecule has 0 unspecified atom stereocenters. The van der Waals surface area contributed by atoms with Crippen molar-refractivity contribution in [3.63, 3.8) is 0 Å². The van der Waals surface area contributed by atoms with Crippen LogP contribution in [0.15, 0.2) is 36.5 Å². The van der Waals surface area contributed by atoms with Gasteiger partial charge in [0.2, 0.25) is 0 Å². The Morgan fingerprint density at radius 2 is 2.06 bits per heavy atom. The Kier molecular flexibility index (Phi) is 3.94. The van der Waals surface area contributed by atoms with Crippen molar-refractivity contribution in [3.8, 4) is 0 Å². The molecule has 0 bridgehead atoms. The first-order chi connectivity index (χ1) is 8.58. The number of pyridine rings is 1. The Morgan fingerprint density at radius 3 is 2.78 bits per heavy atom. The lowest BCUT2D eigenvalue weighted by molar-refractivity contribution is 0.0993. The van der Waals surface area contributed by atoms with E-state index in [0.29, 0.717) is 11.1 Å². The summed E-state index contributed by atoms with van der Waals surface area (Å²) in [5.41, 5.74) is 0.880. The van der Waals surface area contributed by atoms with Gasteiger partial charge in [-0.2, -0.15) is 0 Å². The second-order valence-electron chi connectivity index (χ2n) is 3.68. The van der Waals surface area contributed by atoms with E-state index in [-0.39, 0.29) is 22.4 Å². The summed E-state index contributed by atoms with van der Waals surface area (Å²) >= 11 is 11.5. The van der Waals surface area contributed by atoms with Crippen molar-refractivity contribution in [1.82, 2.24) is 4.98 Å². The molecule has 2 rings (SSSR count). The number of Topliss-reactive ketones (excluding diaryl/α,β-unsaturated/α-hetero) is 1. The predicted molar refractivity (Wildman–Crippen MR) is 68.7 cm³/mol. The summed E-state index contributed by atoms with van der Waals surface area (Å²) in [4.78, 5) is 15.8. The van der Waals surface area contributed by atoms with Gasteiger partial charge in [-0.3, -0.25) is 4.79 Å². The molecule has 0 aliphatic heterocycles. The first kappa shape index (κ1) is 13.0. The SMILES string of the molecule is O=C(Cc1cccc(F)c1Cl)c1ccnc(Cl)c1. The molecule has 0 saturated carbocycles. The molecular weight excluding hydrogens is 276 g/mol. The molecule has 1 aromatic carbocycles. The number of halogens is 3. The summed E-state index contributed by atoms with van der Waals surface area (Å²) < 4.78 is 13.2. The molecule has 2 aromatic rings. The van der Waals surface area contributed by atoms with Crippen LogP contribution in [0.1, 0.15) is 15.9 Å². The Balaban J connectivity index is 2.24. The third kappa shape index (κ3) is 2.86. The molecule has 0 saturated heterocycles. The zero-order chi connectivity index (χ0) is 13.1. The first-order valence-corrected chi connectivity index (χ1v) is 5.91. The number of carbonyl (C=O) groups is 1. The van der Waals surface area contributed by atoms with Crippen LogP contribution in [0, 0.1) is 5.82 Å².